The van der Waals surface area contributed by atoms with Crippen molar-refractivity contribution in [2.75, 3.05) is 47.5 Å². The van der Waals surface area contributed by atoms with Crippen LogP contribution in [0.2, 0.25) is 0 Å². The third kappa shape index (κ3) is 7.84. The van der Waals surface area contributed by atoms with Crippen molar-refractivity contribution in [3.05, 3.63) is 53.6 Å². The van der Waals surface area contributed by atoms with E-state index in [1.807, 2.05) is 0 Å². The van der Waals surface area contributed by atoms with Gasteiger partial charge >= 0.3 is 11.9 Å². The minimum Gasteiger partial charge on any atom is -0.493 e. The highest BCUT2D eigenvalue weighted by Gasteiger charge is 2.29. The summed E-state index contributed by atoms with van der Waals surface area (Å²) < 4.78 is 16.5. The molecular formula is C28H38N2O7. The predicted octanol–water partition coefficient (Wildman–Crippen LogP) is 3.71. The van der Waals surface area contributed by atoms with E-state index in [4.69, 9.17) is 34.0 Å². The summed E-state index contributed by atoms with van der Waals surface area (Å²) in [6, 6.07) is 16.0. The summed E-state index contributed by atoms with van der Waals surface area (Å²) >= 11 is 0. The molecule has 9 heteroatoms. The van der Waals surface area contributed by atoms with Gasteiger partial charge < -0.3 is 24.4 Å². The first-order valence-corrected chi connectivity index (χ1v) is 12.6. The maximum atomic E-state index is 9.10. The number of carboxylic acid groups (broad SMARTS) is 2. The first-order chi connectivity index (χ1) is 17.9. The molecule has 0 spiro atoms. The molecule has 2 aromatic rings. The van der Waals surface area contributed by atoms with Crippen molar-refractivity contribution >= 4 is 11.9 Å². The fraction of sp³-hybridized carbons (Fsp3) is 0.500. The number of hydrogen-bond donors (Lipinski definition) is 2. The van der Waals surface area contributed by atoms with Gasteiger partial charge in [0.15, 0.2) is 11.5 Å². The standard InChI is InChI=1S/C26H36N2O3.C2H2O4/c1-29-24-17-20(18-25(30-2)26(24)31-3)19-27-13-15-28(16-14-27)23-11-9-22(10-12-23)21-7-5-4-6-8-21;3-1(4)2(5)6/h4-8,17-18,22-23H,9-16,19H2,1-3H3;(H,3,4)(H,5,6). The maximum absolute atomic E-state index is 9.10. The van der Waals surface area contributed by atoms with Crippen molar-refractivity contribution in [1.82, 2.24) is 9.80 Å². The molecule has 1 saturated carbocycles. The molecule has 2 N–H and O–H groups in total. The molecule has 2 aromatic carbocycles. The van der Waals surface area contributed by atoms with Crippen molar-refractivity contribution in [1.29, 1.82) is 0 Å². The average Bonchev–Trinajstić information content (AvgIpc) is 2.93. The van der Waals surface area contributed by atoms with Crippen LogP contribution in [0.1, 0.15) is 42.7 Å². The maximum Gasteiger partial charge on any atom is 0.414 e. The zero-order valence-electron chi connectivity index (χ0n) is 21.9. The predicted molar refractivity (Wildman–Crippen MR) is 140 cm³/mol. The third-order valence-electron chi connectivity index (χ3n) is 7.20. The highest BCUT2D eigenvalue weighted by Crippen LogP contribution is 2.39. The zero-order chi connectivity index (χ0) is 26.8. The SMILES string of the molecule is COc1cc(CN2CCN(C3CCC(c4ccccc4)CC3)CC2)cc(OC)c1OC.O=C(O)C(=O)O. The van der Waals surface area contributed by atoms with Crippen LogP contribution in [-0.2, 0) is 16.1 Å². The fourth-order valence-electron chi connectivity index (χ4n) is 5.27. The quantitative estimate of drug-likeness (QED) is 0.535. The molecular weight excluding hydrogens is 476 g/mol. The minimum atomic E-state index is -1.82. The van der Waals surface area contributed by atoms with E-state index in [-0.39, 0.29) is 0 Å². The molecule has 202 valence electrons. The van der Waals surface area contributed by atoms with Crippen LogP contribution in [0.25, 0.3) is 0 Å². The van der Waals surface area contributed by atoms with Crippen molar-refractivity contribution in [2.24, 2.45) is 0 Å². The third-order valence-corrected chi connectivity index (χ3v) is 7.20. The van der Waals surface area contributed by atoms with Gasteiger partial charge in [-0.25, -0.2) is 9.59 Å². The van der Waals surface area contributed by atoms with Crippen LogP contribution in [0.15, 0.2) is 42.5 Å². The first kappa shape index (κ1) is 28.3. The summed E-state index contributed by atoms with van der Waals surface area (Å²) in [6.07, 6.45) is 5.29. The van der Waals surface area contributed by atoms with Crippen LogP contribution in [0.3, 0.4) is 0 Å². The summed E-state index contributed by atoms with van der Waals surface area (Å²) in [6.45, 7) is 5.44. The highest BCUT2D eigenvalue weighted by molar-refractivity contribution is 6.27. The number of carbonyl (C=O) groups is 2. The summed E-state index contributed by atoms with van der Waals surface area (Å²) in [7, 11) is 4.99. The Balaban J connectivity index is 0.000000568. The van der Waals surface area contributed by atoms with Crippen molar-refractivity contribution in [3.8, 4) is 17.2 Å². The van der Waals surface area contributed by atoms with Crippen LogP contribution >= 0.6 is 0 Å². The molecule has 0 atom stereocenters. The average molecular weight is 515 g/mol. The molecule has 2 fully saturated rings. The first-order valence-electron chi connectivity index (χ1n) is 12.6. The minimum absolute atomic E-state index is 0.657. The summed E-state index contributed by atoms with van der Waals surface area (Å²) in [5, 5.41) is 14.8. The Bertz CT molecular complexity index is 977. The van der Waals surface area contributed by atoms with Crippen molar-refractivity contribution < 1.29 is 34.0 Å². The molecule has 1 heterocycles. The normalized spacial score (nSPS) is 20.3. The monoisotopic (exact) mass is 514 g/mol. The molecule has 4 rings (SSSR count). The zero-order valence-corrected chi connectivity index (χ0v) is 21.9. The Morgan fingerprint density at radius 2 is 1.35 bits per heavy atom. The Kier molecular flexibility index (Phi) is 10.6. The molecule has 37 heavy (non-hydrogen) atoms. The lowest BCUT2D eigenvalue weighted by atomic mass is 9.81. The van der Waals surface area contributed by atoms with E-state index in [0.717, 1.165) is 56.2 Å². The molecule has 0 aromatic heterocycles. The van der Waals surface area contributed by atoms with E-state index in [1.165, 1.54) is 36.8 Å². The van der Waals surface area contributed by atoms with Gasteiger partial charge in [0.2, 0.25) is 5.75 Å². The summed E-state index contributed by atoms with van der Waals surface area (Å²) in [5.41, 5.74) is 2.72. The number of rotatable bonds is 7. The van der Waals surface area contributed by atoms with Gasteiger partial charge in [-0.05, 0) is 54.9 Å². The molecule has 1 aliphatic heterocycles. The van der Waals surface area contributed by atoms with Gasteiger partial charge in [-0.1, -0.05) is 30.3 Å². The van der Waals surface area contributed by atoms with E-state index < -0.39 is 11.9 Å². The number of benzene rings is 2. The van der Waals surface area contributed by atoms with E-state index in [0.29, 0.717) is 5.75 Å². The van der Waals surface area contributed by atoms with Crippen molar-refractivity contribution in [3.63, 3.8) is 0 Å². The Morgan fingerprint density at radius 3 is 1.81 bits per heavy atom. The van der Waals surface area contributed by atoms with Gasteiger partial charge in [0, 0.05) is 38.8 Å². The second-order valence-electron chi connectivity index (χ2n) is 9.37. The second-order valence-corrected chi connectivity index (χ2v) is 9.37. The Morgan fingerprint density at radius 1 is 0.811 bits per heavy atom. The number of ether oxygens (including phenoxy) is 3. The van der Waals surface area contributed by atoms with Crippen molar-refractivity contribution in [2.45, 2.75) is 44.2 Å². The van der Waals surface area contributed by atoms with Gasteiger partial charge in [0.1, 0.15) is 0 Å². The van der Waals surface area contributed by atoms with E-state index in [1.54, 1.807) is 21.3 Å². The van der Waals surface area contributed by atoms with Crippen LogP contribution in [0.4, 0.5) is 0 Å². The molecule has 0 unspecified atom stereocenters. The Labute approximate surface area is 218 Å². The topological polar surface area (TPSA) is 109 Å². The van der Waals surface area contributed by atoms with Gasteiger partial charge in [0.05, 0.1) is 21.3 Å². The van der Waals surface area contributed by atoms with Gasteiger partial charge in [-0.2, -0.15) is 0 Å². The van der Waals surface area contributed by atoms with Gasteiger partial charge in [0.25, 0.3) is 0 Å². The molecule has 0 amide bonds. The molecule has 1 aliphatic carbocycles. The van der Waals surface area contributed by atoms with Crippen LogP contribution in [-0.4, -0.2) is 85.5 Å². The van der Waals surface area contributed by atoms with Gasteiger partial charge in [-0.15, -0.1) is 0 Å². The number of carboxylic acids is 2. The molecule has 1 saturated heterocycles. The largest absolute Gasteiger partial charge is 0.493 e. The van der Waals surface area contributed by atoms with E-state index >= 15 is 0 Å². The van der Waals surface area contributed by atoms with Gasteiger partial charge in [-0.3, -0.25) is 9.80 Å². The summed E-state index contributed by atoms with van der Waals surface area (Å²) in [5.74, 6) is -0.787. The number of aliphatic carboxylic acids is 2. The summed E-state index contributed by atoms with van der Waals surface area (Å²) in [4.78, 5) is 23.5. The number of hydrogen-bond acceptors (Lipinski definition) is 7. The lowest BCUT2D eigenvalue weighted by molar-refractivity contribution is -0.159. The lowest BCUT2D eigenvalue weighted by Crippen LogP contribution is -2.50. The van der Waals surface area contributed by atoms with Crippen LogP contribution in [0, 0.1) is 0 Å². The van der Waals surface area contributed by atoms with Crippen LogP contribution < -0.4 is 14.2 Å². The van der Waals surface area contributed by atoms with E-state index in [9.17, 15) is 0 Å². The molecule has 2 aliphatic rings. The Hall–Kier alpha value is -3.30. The smallest absolute Gasteiger partial charge is 0.414 e. The number of nitrogens with zero attached hydrogens (tertiary/aromatic N) is 2. The fourth-order valence-corrected chi connectivity index (χ4v) is 5.27. The molecule has 9 nitrogen and oxygen atoms in total. The van der Waals surface area contributed by atoms with Crippen LogP contribution in [0.5, 0.6) is 17.2 Å². The number of piperazine rings is 1. The lowest BCUT2D eigenvalue weighted by Gasteiger charge is -2.42. The number of methoxy groups -OCH3 is 3. The molecule has 0 radical (unpaired) electrons. The second kappa shape index (κ2) is 13.9. The highest BCUT2D eigenvalue weighted by atomic mass is 16.5. The molecule has 0 bridgehead atoms. The van der Waals surface area contributed by atoms with E-state index in [2.05, 4.69) is 52.3 Å².